The minimum absolute atomic E-state index is 0.129. The number of ether oxygens (including phenoxy) is 3. The zero-order valence-corrected chi connectivity index (χ0v) is 18.4. The Labute approximate surface area is 181 Å². The molecule has 0 bridgehead atoms. The first-order valence-corrected chi connectivity index (χ1v) is 11.1. The molecule has 0 saturated carbocycles. The molecule has 8 nitrogen and oxygen atoms in total. The van der Waals surface area contributed by atoms with Gasteiger partial charge in [0, 0.05) is 36.8 Å². The van der Waals surface area contributed by atoms with Gasteiger partial charge in [0.1, 0.15) is 10.7 Å². The van der Waals surface area contributed by atoms with Crippen LogP contribution in [-0.4, -0.2) is 53.0 Å². The van der Waals surface area contributed by atoms with Crippen molar-refractivity contribution in [2.24, 2.45) is 5.92 Å². The minimum Gasteiger partial charge on any atom is -0.493 e. The van der Waals surface area contributed by atoms with Crippen LogP contribution in [-0.2, 0) is 14.8 Å². The zero-order chi connectivity index (χ0) is 22.6. The van der Waals surface area contributed by atoms with Gasteiger partial charge < -0.3 is 19.5 Å². The Morgan fingerprint density at radius 1 is 1.03 bits per heavy atom. The van der Waals surface area contributed by atoms with Gasteiger partial charge >= 0.3 is 0 Å². The van der Waals surface area contributed by atoms with Crippen LogP contribution in [0, 0.1) is 11.7 Å². The molecule has 1 N–H and O–H groups in total. The van der Waals surface area contributed by atoms with E-state index in [1.165, 1.54) is 43.8 Å². The third kappa shape index (κ3) is 4.75. The molecular weight excluding hydrogens is 427 g/mol. The van der Waals surface area contributed by atoms with Crippen molar-refractivity contribution in [2.75, 3.05) is 39.7 Å². The molecule has 10 heteroatoms. The van der Waals surface area contributed by atoms with Crippen LogP contribution in [0.4, 0.5) is 10.1 Å². The molecule has 2 aromatic rings. The SMILES string of the molecule is COc1cc(NC(=O)C2CCN(S(=O)(=O)c3ccccc3F)CC2)cc(OC)c1OC. The van der Waals surface area contributed by atoms with Gasteiger partial charge in [-0.25, -0.2) is 12.8 Å². The Hall–Kier alpha value is -2.85. The summed E-state index contributed by atoms with van der Waals surface area (Å²) in [5.74, 6) is -0.186. The van der Waals surface area contributed by atoms with Crippen LogP contribution in [0.5, 0.6) is 17.2 Å². The lowest BCUT2D eigenvalue weighted by Crippen LogP contribution is -2.41. The van der Waals surface area contributed by atoms with E-state index in [0.29, 0.717) is 35.8 Å². The van der Waals surface area contributed by atoms with Crippen molar-refractivity contribution in [1.82, 2.24) is 4.31 Å². The Morgan fingerprint density at radius 2 is 1.61 bits per heavy atom. The van der Waals surface area contributed by atoms with Gasteiger partial charge in [0.15, 0.2) is 11.5 Å². The lowest BCUT2D eigenvalue weighted by molar-refractivity contribution is -0.120. The van der Waals surface area contributed by atoms with Gasteiger partial charge in [-0.2, -0.15) is 4.31 Å². The van der Waals surface area contributed by atoms with Crippen molar-refractivity contribution < 1.29 is 31.8 Å². The second-order valence-corrected chi connectivity index (χ2v) is 8.92. The highest BCUT2D eigenvalue weighted by Gasteiger charge is 2.33. The van der Waals surface area contributed by atoms with Crippen molar-refractivity contribution >= 4 is 21.6 Å². The largest absolute Gasteiger partial charge is 0.493 e. The van der Waals surface area contributed by atoms with E-state index in [4.69, 9.17) is 14.2 Å². The molecule has 0 unspecified atom stereocenters. The standard InChI is InChI=1S/C21H25FN2O6S/c1-28-17-12-15(13-18(29-2)20(17)30-3)23-21(25)14-8-10-24(11-9-14)31(26,27)19-7-5-4-6-16(19)22/h4-7,12-14H,8-11H2,1-3H3,(H,23,25). The van der Waals surface area contributed by atoms with Gasteiger partial charge in [-0.3, -0.25) is 4.79 Å². The third-order valence-corrected chi connectivity index (χ3v) is 7.14. The van der Waals surface area contributed by atoms with E-state index in [9.17, 15) is 17.6 Å². The number of carbonyl (C=O) groups is 1. The van der Waals surface area contributed by atoms with Crippen LogP contribution in [0.3, 0.4) is 0 Å². The Morgan fingerprint density at radius 3 is 2.13 bits per heavy atom. The van der Waals surface area contributed by atoms with Crippen LogP contribution in [0.2, 0.25) is 0 Å². The fourth-order valence-electron chi connectivity index (χ4n) is 3.55. The molecular formula is C21H25FN2O6S. The lowest BCUT2D eigenvalue weighted by atomic mass is 9.97. The minimum atomic E-state index is -3.95. The summed E-state index contributed by atoms with van der Waals surface area (Å²) in [5, 5.41) is 2.82. The van der Waals surface area contributed by atoms with Gasteiger partial charge in [0.2, 0.25) is 21.7 Å². The van der Waals surface area contributed by atoms with Crippen molar-refractivity contribution in [2.45, 2.75) is 17.7 Å². The average molecular weight is 453 g/mol. The van der Waals surface area contributed by atoms with Crippen molar-refractivity contribution in [1.29, 1.82) is 0 Å². The lowest BCUT2D eigenvalue weighted by Gasteiger charge is -2.30. The van der Waals surface area contributed by atoms with Crippen LogP contribution in [0.25, 0.3) is 0 Å². The smallest absolute Gasteiger partial charge is 0.245 e. The molecule has 1 fully saturated rings. The molecule has 0 aliphatic carbocycles. The molecule has 168 valence electrons. The van der Waals surface area contributed by atoms with E-state index in [1.807, 2.05) is 0 Å². The number of methoxy groups -OCH3 is 3. The molecule has 1 heterocycles. The van der Waals surface area contributed by atoms with Crippen molar-refractivity contribution in [3.63, 3.8) is 0 Å². The van der Waals surface area contributed by atoms with E-state index < -0.39 is 15.8 Å². The Bertz CT molecular complexity index is 1030. The molecule has 0 atom stereocenters. The number of amides is 1. The van der Waals surface area contributed by atoms with E-state index in [1.54, 1.807) is 12.1 Å². The first kappa shape index (κ1) is 22.8. The number of anilines is 1. The van der Waals surface area contributed by atoms with Gasteiger partial charge in [0.25, 0.3) is 0 Å². The van der Waals surface area contributed by atoms with Gasteiger partial charge in [0.05, 0.1) is 21.3 Å². The zero-order valence-electron chi connectivity index (χ0n) is 17.6. The molecule has 2 aromatic carbocycles. The Kier molecular flexibility index (Phi) is 7.01. The maximum Gasteiger partial charge on any atom is 0.245 e. The number of benzene rings is 2. The summed E-state index contributed by atoms with van der Waals surface area (Å²) < 4.78 is 56.5. The van der Waals surface area contributed by atoms with Crippen LogP contribution in [0.15, 0.2) is 41.3 Å². The maximum absolute atomic E-state index is 14.0. The van der Waals surface area contributed by atoms with E-state index in [-0.39, 0.29) is 29.8 Å². The topological polar surface area (TPSA) is 94.2 Å². The van der Waals surface area contributed by atoms with Gasteiger partial charge in [-0.1, -0.05) is 12.1 Å². The highest BCUT2D eigenvalue weighted by atomic mass is 32.2. The van der Waals surface area contributed by atoms with E-state index in [0.717, 1.165) is 6.07 Å². The quantitative estimate of drug-likeness (QED) is 0.694. The summed E-state index contributed by atoms with van der Waals surface area (Å²) in [7, 11) is 0.503. The average Bonchev–Trinajstić information content (AvgIpc) is 2.78. The second-order valence-electron chi connectivity index (χ2n) is 7.01. The van der Waals surface area contributed by atoms with Gasteiger partial charge in [-0.05, 0) is 25.0 Å². The number of rotatable bonds is 7. The van der Waals surface area contributed by atoms with Crippen LogP contribution < -0.4 is 19.5 Å². The molecule has 1 saturated heterocycles. The fourth-order valence-corrected chi connectivity index (χ4v) is 5.08. The highest BCUT2D eigenvalue weighted by Crippen LogP contribution is 2.40. The highest BCUT2D eigenvalue weighted by molar-refractivity contribution is 7.89. The predicted molar refractivity (Wildman–Crippen MR) is 113 cm³/mol. The van der Waals surface area contributed by atoms with Crippen LogP contribution >= 0.6 is 0 Å². The molecule has 1 aliphatic heterocycles. The molecule has 31 heavy (non-hydrogen) atoms. The van der Waals surface area contributed by atoms with Crippen LogP contribution in [0.1, 0.15) is 12.8 Å². The summed E-state index contributed by atoms with van der Waals surface area (Å²) in [6.45, 7) is 0.258. The molecule has 0 spiro atoms. The number of nitrogens with one attached hydrogen (secondary N) is 1. The summed E-state index contributed by atoms with van der Waals surface area (Å²) >= 11 is 0. The summed E-state index contributed by atoms with van der Waals surface area (Å²) in [6.07, 6.45) is 0.647. The maximum atomic E-state index is 14.0. The molecule has 3 rings (SSSR count). The normalized spacial score (nSPS) is 15.4. The number of piperidine rings is 1. The summed E-state index contributed by atoms with van der Waals surface area (Å²) in [5.41, 5.74) is 0.473. The second kappa shape index (κ2) is 9.52. The van der Waals surface area contributed by atoms with E-state index in [2.05, 4.69) is 5.32 Å². The Balaban J connectivity index is 1.68. The molecule has 0 aromatic heterocycles. The number of hydrogen-bond acceptors (Lipinski definition) is 6. The summed E-state index contributed by atoms with van der Waals surface area (Å²) in [4.78, 5) is 12.4. The number of carbonyl (C=O) groups excluding carboxylic acids is 1. The molecule has 1 aliphatic rings. The molecule has 0 radical (unpaired) electrons. The third-order valence-electron chi connectivity index (χ3n) is 5.21. The first-order chi connectivity index (χ1) is 14.8. The fraction of sp³-hybridized carbons (Fsp3) is 0.381. The summed E-state index contributed by atoms with van der Waals surface area (Å²) in [6, 6.07) is 8.52. The number of halogens is 1. The number of sulfonamides is 1. The van der Waals surface area contributed by atoms with Gasteiger partial charge in [-0.15, -0.1) is 0 Å². The van der Waals surface area contributed by atoms with E-state index >= 15 is 0 Å². The number of hydrogen-bond donors (Lipinski definition) is 1. The first-order valence-electron chi connectivity index (χ1n) is 9.67. The van der Waals surface area contributed by atoms with Crippen molar-refractivity contribution in [3.8, 4) is 17.2 Å². The van der Waals surface area contributed by atoms with Crippen molar-refractivity contribution in [3.05, 3.63) is 42.2 Å². The predicted octanol–water partition coefficient (Wildman–Crippen LogP) is 2.89. The molecule has 1 amide bonds. The monoisotopic (exact) mass is 452 g/mol. The number of nitrogens with zero attached hydrogens (tertiary/aromatic N) is 1.